The molecule has 2 heterocycles. The first-order chi connectivity index (χ1) is 7.50. The summed E-state index contributed by atoms with van der Waals surface area (Å²) in [5, 5.41) is 21.0. The number of carbonyl (C=O) groups excluding carboxylic acids is 1. The molecular weight excluding hydrogens is 250 g/mol. The van der Waals surface area contributed by atoms with Crippen molar-refractivity contribution in [2.75, 3.05) is 13.1 Å². The van der Waals surface area contributed by atoms with Gasteiger partial charge in [0.1, 0.15) is 4.88 Å². The van der Waals surface area contributed by atoms with Crippen LogP contribution < -0.4 is 0 Å². The van der Waals surface area contributed by atoms with Gasteiger partial charge in [0, 0.05) is 13.1 Å². The van der Waals surface area contributed by atoms with Gasteiger partial charge >= 0.3 is 0 Å². The molecule has 2 N–H and O–H groups in total. The van der Waals surface area contributed by atoms with Crippen LogP contribution in [0.1, 0.15) is 15.2 Å². The summed E-state index contributed by atoms with van der Waals surface area (Å²) in [4.78, 5) is 13.9. The van der Waals surface area contributed by atoms with Crippen LogP contribution in [0.4, 0.5) is 0 Å². The quantitative estimate of drug-likeness (QED) is 0.789. The van der Waals surface area contributed by atoms with Gasteiger partial charge in [-0.2, -0.15) is 0 Å². The zero-order valence-electron chi connectivity index (χ0n) is 8.68. The molecule has 1 aromatic heterocycles. The lowest BCUT2D eigenvalue weighted by Gasteiger charge is -2.14. The fraction of sp³-hybridized carbons (Fsp3) is 0.500. The number of β-amino-alcohol motifs (C(OH)–C–C–N with tert-alkyl or cyclic N) is 2. The van der Waals surface area contributed by atoms with Gasteiger partial charge in [0.25, 0.3) is 5.91 Å². The molecule has 0 radical (unpaired) electrons. The maximum atomic E-state index is 12.0. The highest BCUT2D eigenvalue weighted by Gasteiger charge is 2.34. The van der Waals surface area contributed by atoms with Crippen molar-refractivity contribution in [1.82, 2.24) is 4.90 Å². The van der Waals surface area contributed by atoms with Crippen molar-refractivity contribution in [2.24, 2.45) is 0 Å². The minimum atomic E-state index is -0.858. The van der Waals surface area contributed by atoms with E-state index in [1.165, 1.54) is 16.2 Å². The molecule has 1 saturated heterocycles. The number of aryl methyl sites for hydroxylation is 1. The molecule has 1 fully saturated rings. The van der Waals surface area contributed by atoms with Gasteiger partial charge in [-0.15, -0.1) is 11.3 Å². The van der Waals surface area contributed by atoms with E-state index < -0.39 is 12.2 Å². The molecule has 88 valence electrons. The Kier molecular flexibility index (Phi) is 3.21. The van der Waals surface area contributed by atoms with Crippen molar-refractivity contribution in [3.8, 4) is 0 Å². The normalized spacial score (nSPS) is 25.1. The summed E-state index contributed by atoms with van der Waals surface area (Å²) in [5.74, 6) is -0.223. The third-order valence-electron chi connectivity index (χ3n) is 2.64. The second kappa shape index (κ2) is 4.33. The highest BCUT2D eigenvalue weighted by Crippen LogP contribution is 2.29. The van der Waals surface area contributed by atoms with Crippen LogP contribution >= 0.6 is 22.9 Å². The van der Waals surface area contributed by atoms with E-state index in [1.807, 2.05) is 12.3 Å². The average Bonchev–Trinajstić information content (AvgIpc) is 2.73. The van der Waals surface area contributed by atoms with E-state index >= 15 is 0 Å². The van der Waals surface area contributed by atoms with Gasteiger partial charge in [-0.3, -0.25) is 4.79 Å². The Bertz CT molecular complexity index is 410. The van der Waals surface area contributed by atoms with E-state index in [2.05, 4.69) is 0 Å². The zero-order valence-corrected chi connectivity index (χ0v) is 10.3. The van der Waals surface area contributed by atoms with E-state index in [4.69, 9.17) is 11.6 Å². The highest BCUT2D eigenvalue weighted by atomic mass is 35.5. The van der Waals surface area contributed by atoms with Gasteiger partial charge in [0.2, 0.25) is 0 Å². The van der Waals surface area contributed by atoms with Crippen molar-refractivity contribution >= 4 is 28.8 Å². The molecule has 0 saturated carbocycles. The van der Waals surface area contributed by atoms with Crippen LogP contribution in [0.15, 0.2) is 5.38 Å². The number of carbonyl (C=O) groups is 1. The molecule has 0 spiro atoms. The van der Waals surface area contributed by atoms with Crippen LogP contribution in [-0.4, -0.2) is 46.3 Å². The van der Waals surface area contributed by atoms with Crippen LogP contribution in [0.3, 0.4) is 0 Å². The molecule has 2 atom stereocenters. The van der Waals surface area contributed by atoms with Crippen molar-refractivity contribution in [3.05, 3.63) is 20.8 Å². The first kappa shape index (κ1) is 11.9. The lowest BCUT2D eigenvalue weighted by molar-refractivity contribution is 0.0572. The van der Waals surface area contributed by atoms with E-state index in [0.29, 0.717) is 9.90 Å². The van der Waals surface area contributed by atoms with Crippen LogP contribution in [0.2, 0.25) is 5.02 Å². The zero-order chi connectivity index (χ0) is 11.9. The topological polar surface area (TPSA) is 60.8 Å². The fourth-order valence-electron chi connectivity index (χ4n) is 1.65. The summed E-state index contributed by atoms with van der Waals surface area (Å²) in [6.07, 6.45) is -1.72. The van der Waals surface area contributed by atoms with Crippen LogP contribution in [-0.2, 0) is 0 Å². The van der Waals surface area contributed by atoms with Crippen LogP contribution in [0.5, 0.6) is 0 Å². The largest absolute Gasteiger partial charge is 0.388 e. The van der Waals surface area contributed by atoms with Gasteiger partial charge in [-0.05, 0) is 17.9 Å². The van der Waals surface area contributed by atoms with Crippen LogP contribution in [0, 0.1) is 6.92 Å². The predicted molar refractivity (Wildman–Crippen MR) is 62.0 cm³/mol. The first-order valence-electron chi connectivity index (χ1n) is 4.89. The molecule has 1 aliphatic heterocycles. The molecule has 0 bridgehead atoms. The van der Waals surface area contributed by atoms with E-state index in [1.54, 1.807) is 0 Å². The average molecular weight is 262 g/mol. The number of likely N-dealkylation sites (tertiary alicyclic amines) is 1. The van der Waals surface area contributed by atoms with Crippen molar-refractivity contribution in [2.45, 2.75) is 19.1 Å². The summed E-state index contributed by atoms with van der Waals surface area (Å²) in [6, 6.07) is 0. The number of aliphatic hydroxyl groups is 2. The molecule has 1 amide bonds. The standard InChI is InChI=1S/C10H12ClNO3S/c1-5-4-16-9(8(5)11)10(15)12-2-6(13)7(14)3-12/h4,6-7,13-14H,2-3H2,1H3. The number of rotatable bonds is 1. The SMILES string of the molecule is Cc1csc(C(=O)N2CC(O)C(O)C2)c1Cl. The molecule has 6 heteroatoms. The minimum Gasteiger partial charge on any atom is -0.388 e. The van der Waals surface area contributed by atoms with Crippen molar-refractivity contribution < 1.29 is 15.0 Å². The Balaban J connectivity index is 2.18. The van der Waals surface area contributed by atoms with Crippen LogP contribution in [0.25, 0.3) is 0 Å². The summed E-state index contributed by atoms with van der Waals surface area (Å²) in [7, 11) is 0. The molecule has 1 aliphatic rings. The molecule has 1 aromatic rings. The van der Waals surface area contributed by atoms with Crippen molar-refractivity contribution in [3.63, 3.8) is 0 Å². The van der Waals surface area contributed by atoms with Gasteiger partial charge in [0.05, 0.1) is 17.2 Å². The Morgan fingerprint density at radius 3 is 2.50 bits per heavy atom. The number of hydrogen-bond acceptors (Lipinski definition) is 4. The number of hydrogen-bond donors (Lipinski definition) is 2. The second-order valence-corrected chi connectivity index (χ2v) is 5.16. The van der Waals surface area contributed by atoms with Crippen molar-refractivity contribution in [1.29, 1.82) is 0 Å². The molecular formula is C10H12ClNO3S. The minimum absolute atomic E-state index is 0.160. The van der Waals surface area contributed by atoms with Gasteiger partial charge in [-0.1, -0.05) is 11.6 Å². The Hall–Kier alpha value is -0.620. The first-order valence-corrected chi connectivity index (χ1v) is 6.15. The second-order valence-electron chi connectivity index (χ2n) is 3.91. The monoisotopic (exact) mass is 261 g/mol. The summed E-state index contributed by atoms with van der Waals surface area (Å²) in [5.41, 5.74) is 0.871. The number of aliphatic hydroxyl groups excluding tert-OH is 2. The summed E-state index contributed by atoms with van der Waals surface area (Å²) >= 11 is 7.28. The molecule has 2 rings (SSSR count). The Morgan fingerprint density at radius 1 is 1.50 bits per heavy atom. The molecule has 0 aromatic carbocycles. The lowest BCUT2D eigenvalue weighted by Crippen LogP contribution is -2.29. The van der Waals surface area contributed by atoms with E-state index in [0.717, 1.165) is 5.56 Å². The smallest absolute Gasteiger partial charge is 0.265 e. The fourth-order valence-corrected chi connectivity index (χ4v) is 2.89. The van der Waals surface area contributed by atoms with E-state index in [-0.39, 0.29) is 19.0 Å². The number of amides is 1. The lowest BCUT2D eigenvalue weighted by atomic mass is 10.3. The van der Waals surface area contributed by atoms with Gasteiger partial charge in [0.15, 0.2) is 0 Å². The maximum absolute atomic E-state index is 12.0. The number of thiophene rings is 1. The van der Waals surface area contributed by atoms with Gasteiger partial charge in [-0.25, -0.2) is 0 Å². The Morgan fingerprint density at radius 2 is 2.06 bits per heavy atom. The third kappa shape index (κ3) is 1.96. The highest BCUT2D eigenvalue weighted by molar-refractivity contribution is 7.13. The number of nitrogens with zero attached hydrogens (tertiary/aromatic N) is 1. The summed E-state index contributed by atoms with van der Waals surface area (Å²) < 4.78 is 0. The predicted octanol–water partition coefficient (Wildman–Crippen LogP) is 0.888. The summed E-state index contributed by atoms with van der Waals surface area (Å²) in [6.45, 7) is 2.16. The van der Waals surface area contributed by atoms with Gasteiger partial charge < -0.3 is 15.1 Å². The molecule has 16 heavy (non-hydrogen) atoms. The van der Waals surface area contributed by atoms with E-state index in [9.17, 15) is 15.0 Å². The maximum Gasteiger partial charge on any atom is 0.265 e. The Labute approximate surface area is 102 Å². The number of halogens is 1. The molecule has 2 unspecified atom stereocenters. The molecule has 4 nitrogen and oxygen atoms in total. The molecule has 0 aliphatic carbocycles. The third-order valence-corrected chi connectivity index (χ3v) is 4.32.